The molecule has 18 heavy (non-hydrogen) atoms. The molecule has 1 amide bonds. The van der Waals surface area contributed by atoms with Gasteiger partial charge in [0.2, 0.25) is 5.91 Å². The standard InChI is InChI=1S/C13H18BrFN2O/c1-3-8(2)12(16)13(18)17-7-9-6-10(15)4-5-11(9)14/h4-6,8,12H,3,7,16H2,1-2H3,(H,17,18). The maximum absolute atomic E-state index is 13.1. The molecule has 2 unspecified atom stereocenters. The summed E-state index contributed by atoms with van der Waals surface area (Å²) in [7, 11) is 0. The predicted octanol–water partition coefficient (Wildman–Crippen LogP) is 2.58. The second-order valence-electron chi connectivity index (χ2n) is 4.36. The maximum atomic E-state index is 13.1. The molecule has 0 aliphatic rings. The van der Waals surface area contributed by atoms with E-state index in [1.54, 1.807) is 6.07 Å². The van der Waals surface area contributed by atoms with Gasteiger partial charge in [0.25, 0.3) is 0 Å². The summed E-state index contributed by atoms with van der Waals surface area (Å²) in [6.45, 7) is 4.19. The zero-order chi connectivity index (χ0) is 13.7. The number of hydrogen-bond acceptors (Lipinski definition) is 2. The van der Waals surface area contributed by atoms with E-state index in [4.69, 9.17) is 5.73 Å². The molecule has 0 saturated carbocycles. The zero-order valence-electron chi connectivity index (χ0n) is 10.5. The summed E-state index contributed by atoms with van der Waals surface area (Å²) in [5.41, 5.74) is 6.50. The van der Waals surface area contributed by atoms with E-state index < -0.39 is 6.04 Å². The molecule has 100 valence electrons. The third-order valence-electron chi connectivity index (χ3n) is 3.02. The van der Waals surface area contributed by atoms with Crippen LogP contribution in [0, 0.1) is 11.7 Å². The van der Waals surface area contributed by atoms with Gasteiger partial charge in [-0.25, -0.2) is 4.39 Å². The van der Waals surface area contributed by atoms with E-state index in [0.29, 0.717) is 5.56 Å². The van der Waals surface area contributed by atoms with Crippen LogP contribution in [0.2, 0.25) is 0 Å². The molecule has 3 N–H and O–H groups in total. The van der Waals surface area contributed by atoms with Gasteiger partial charge in [-0.1, -0.05) is 36.2 Å². The number of rotatable bonds is 5. The van der Waals surface area contributed by atoms with Gasteiger partial charge in [-0.3, -0.25) is 4.79 Å². The Morgan fingerprint density at radius 2 is 2.22 bits per heavy atom. The van der Waals surface area contributed by atoms with Crippen molar-refractivity contribution in [3.8, 4) is 0 Å². The van der Waals surface area contributed by atoms with Crippen LogP contribution in [-0.2, 0) is 11.3 Å². The number of amides is 1. The van der Waals surface area contributed by atoms with Crippen LogP contribution in [0.1, 0.15) is 25.8 Å². The first-order valence-corrected chi connectivity index (χ1v) is 6.72. The molecule has 0 saturated heterocycles. The highest BCUT2D eigenvalue weighted by Crippen LogP contribution is 2.17. The summed E-state index contributed by atoms with van der Waals surface area (Å²) in [5, 5.41) is 2.72. The summed E-state index contributed by atoms with van der Waals surface area (Å²) in [6.07, 6.45) is 0.845. The molecule has 1 aromatic carbocycles. The minimum Gasteiger partial charge on any atom is -0.351 e. The molecule has 2 atom stereocenters. The number of nitrogens with one attached hydrogen (secondary N) is 1. The van der Waals surface area contributed by atoms with Gasteiger partial charge < -0.3 is 11.1 Å². The van der Waals surface area contributed by atoms with E-state index in [2.05, 4.69) is 21.2 Å². The minimum atomic E-state index is -0.526. The number of halogens is 2. The maximum Gasteiger partial charge on any atom is 0.237 e. The lowest BCUT2D eigenvalue weighted by Crippen LogP contribution is -2.44. The molecule has 0 aliphatic heterocycles. The van der Waals surface area contributed by atoms with E-state index in [1.807, 2.05) is 13.8 Å². The van der Waals surface area contributed by atoms with Crippen molar-refractivity contribution in [2.75, 3.05) is 0 Å². The molecule has 0 aliphatic carbocycles. The van der Waals surface area contributed by atoms with Crippen LogP contribution < -0.4 is 11.1 Å². The SMILES string of the molecule is CCC(C)C(N)C(=O)NCc1cc(F)ccc1Br. The normalized spacial score (nSPS) is 14.1. The Labute approximate surface area is 115 Å². The summed E-state index contributed by atoms with van der Waals surface area (Å²) < 4.78 is 13.8. The zero-order valence-corrected chi connectivity index (χ0v) is 12.1. The number of hydrogen-bond donors (Lipinski definition) is 2. The topological polar surface area (TPSA) is 55.1 Å². The molecular weight excluding hydrogens is 299 g/mol. The van der Waals surface area contributed by atoms with E-state index in [9.17, 15) is 9.18 Å². The number of carbonyl (C=O) groups is 1. The molecule has 0 aromatic heterocycles. The van der Waals surface area contributed by atoms with Gasteiger partial charge in [-0.2, -0.15) is 0 Å². The fraction of sp³-hybridized carbons (Fsp3) is 0.462. The van der Waals surface area contributed by atoms with Crippen LogP contribution in [-0.4, -0.2) is 11.9 Å². The predicted molar refractivity (Wildman–Crippen MR) is 73.4 cm³/mol. The van der Waals surface area contributed by atoms with Crippen molar-refractivity contribution in [2.24, 2.45) is 11.7 Å². The summed E-state index contributed by atoms with van der Waals surface area (Å²) in [5.74, 6) is -0.407. The van der Waals surface area contributed by atoms with Crippen LogP contribution in [0.4, 0.5) is 4.39 Å². The number of benzene rings is 1. The van der Waals surface area contributed by atoms with Crippen LogP contribution in [0.3, 0.4) is 0 Å². The fourth-order valence-corrected chi connectivity index (χ4v) is 1.88. The third kappa shape index (κ3) is 4.07. The van der Waals surface area contributed by atoms with Gasteiger partial charge in [0, 0.05) is 11.0 Å². The largest absolute Gasteiger partial charge is 0.351 e. The lowest BCUT2D eigenvalue weighted by molar-refractivity contribution is -0.123. The molecule has 0 spiro atoms. The molecule has 3 nitrogen and oxygen atoms in total. The highest BCUT2D eigenvalue weighted by Gasteiger charge is 2.19. The third-order valence-corrected chi connectivity index (χ3v) is 3.79. The van der Waals surface area contributed by atoms with E-state index in [1.165, 1.54) is 12.1 Å². The second-order valence-corrected chi connectivity index (χ2v) is 5.22. The molecule has 0 heterocycles. The molecule has 1 rings (SSSR count). The van der Waals surface area contributed by atoms with Gasteiger partial charge >= 0.3 is 0 Å². The quantitative estimate of drug-likeness (QED) is 0.877. The Bertz CT molecular complexity index is 425. The highest BCUT2D eigenvalue weighted by atomic mass is 79.9. The highest BCUT2D eigenvalue weighted by molar-refractivity contribution is 9.10. The molecule has 1 aromatic rings. The Balaban J connectivity index is 2.60. The second kappa shape index (κ2) is 6.85. The summed E-state index contributed by atoms with van der Waals surface area (Å²) in [6, 6.07) is 3.84. The minimum absolute atomic E-state index is 0.126. The monoisotopic (exact) mass is 316 g/mol. The molecular formula is C13H18BrFN2O. The molecule has 0 bridgehead atoms. The smallest absolute Gasteiger partial charge is 0.237 e. The van der Waals surface area contributed by atoms with Gasteiger partial charge in [0.15, 0.2) is 0 Å². The number of nitrogens with two attached hydrogens (primary N) is 1. The lowest BCUT2D eigenvalue weighted by Gasteiger charge is -2.18. The first-order valence-electron chi connectivity index (χ1n) is 5.93. The first-order chi connectivity index (χ1) is 8.45. The van der Waals surface area contributed by atoms with E-state index in [0.717, 1.165) is 10.9 Å². The van der Waals surface area contributed by atoms with Gasteiger partial charge in [0.05, 0.1) is 6.04 Å². The average Bonchev–Trinajstić information content (AvgIpc) is 2.37. The van der Waals surface area contributed by atoms with Crippen molar-refractivity contribution in [1.82, 2.24) is 5.32 Å². The molecule has 0 radical (unpaired) electrons. The Morgan fingerprint density at radius 3 is 2.83 bits per heavy atom. The van der Waals surface area contributed by atoms with E-state index >= 15 is 0 Å². The van der Waals surface area contributed by atoms with Crippen molar-refractivity contribution >= 4 is 21.8 Å². The Hall–Kier alpha value is -0.940. The fourth-order valence-electron chi connectivity index (χ4n) is 1.49. The van der Waals surface area contributed by atoms with Crippen molar-refractivity contribution in [1.29, 1.82) is 0 Å². The summed E-state index contributed by atoms with van der Waals surface area (Å²) >= 11 is 3.31. The van der Waals surface area contributed by atoms with Crippen LogP contribution in [0.15, 0.2) is 22.7 Å². The van der Waals surface area contributed by atoms with Gasteiger partial charge in [-0.15, -0.1) is 0 Å². The molecule has 0 fully saturated rings. The van der Waals surface area contributed by atoms with Crippen molar-refractivity contribution < 1.29 is 9.18 Å². The van der Waals surface area contributed by atoms with Crippen LogP contribution in [0.25, 0.3) is 0 Å². The molecule has 5 heteroatoms. The van der Waals surface area contributed by atoms with Gasteiger partial charge in [-0.05, 0) is 29.7 Å². The summed E-state index contributed by atoms with van der Waals surface area (Å²) in [4.78, 5) is 11.8. The van der Waals surface area contributed by atoms with Crippen molar-refractivity contribution in [3.63, 3.8) is 0 Å². The Morgan fingerprint density at radius 1 is 1.56 bits per heavy atom. The van der Waals surface area contributed by atoms with Crippen molar-refractivity contribution in [3.05, 3.63) is 34.1 Å². The van der Waals surface area contributed by atoms with Gasteiger partial charge in [0.1, 0.15) is 5.82 Å². The number of carbonyl (C=O) groups excluding carboxylic acids is 1. The average molecular weight is 317 g/mol. The lowest BCUT2D eigenvalue weighted by atomic mass is 9.99. The first kappa shape index (κ1) is 15.1. The Kier molecular flexibility index (Phi) is 5.75. The van der Waals surface area contributed by atoms with Crippen molar-refractivity contribution in [2.45, 2.75) is 32.9 Å². The van der Waals surface area contributed by atoms with E-state index in [-0.39, 0.29) is 24.2 Å². The van der Waals surface area contributed by atoms with Crippen LogP contribution >= 0.6 is 15.9 Å². The van der Waals surface area contributed by atoms with Crippen LogP contribution in [0.5, 0.6) is 0 Å².